The fourth-order valence-electron chi connectivity index (χ4n) is 3.79. The van der Waals surface area contributed by atoms with Crippen molar-refractivity contribution >= 4 is 27.3 Å². The number of benzene rings is 2. The van der Waals surface area contributed by atoms with Crippen molar-refractivity contribution in [3.63, 3.8) is 0 Å². The van der Waals surface area contributed by atoms with Crippen LogP contribution in [0.1, 0.15) is 37.8 Å². The zero-order chi connectivity index (χ0) is 25.6. The van der Waals surface area contributed by atoms with E-state index in [1.165, 1.54) is 0 Å². The quantitative estimate of drug-likeness (QED) is 0.295. The van der Waals surface area contributed by atoms with Crippen molar-refractivity contribution in [1.29, 1.82) is 0 Å². The molecule has 2 aromatic carbocycles. The number of hydrogen-bond acceptors (Lipinski definition) is 8. The number of hydroxylamine groups is 2. The molecular formula is C24H33N3O7S. The first kappa shape index (κ1) is 26.6. The Morgan fingerprint density at radius 3 is 2.40 bits per heavy atom. The standard InChI is InChI=1S/C24H33N3O7S/c1-5-23(27(29)12-11-16-13-17(32-3)15-18(14-16)33-4)34-24-19-7-10-22(28)25-20(19)8-9-21(24)26-35(30,31)6-2/h8-9,13-15,23,26,29H,5-7,10-12H2,1-4H3,(H,25,28). The highest BCUT2D eigenvalue weighted by molar-refractivity contribution is 7.92. The fourth-order valence-corrected chi connectivity index (χ4v) is 4.43. The molecule has 10 nitrogen and oxygen atoms in total. The zero-order valence-corrected chi connectivity index (χ0v) is 21.3. The molecule has 3 N–H and O–H groups in total. The summed E-state index contributed by atoms with van der Waals surface area (Å²) in [5, 5.41) is 14.7. The molecule has 1 heterocycles. The Hall–Kier alpha value is -3.02. The van der Waals surface area contributed by atoms with E-state index >= 15 is 0 Å². The van der Waals surface area contributed by atoms with E-state index in [-0.39, 0.29) is 30.3 Å². The van der Waals surface area contributed by atoms with Gasteiger partial charge in [0, 0.05) is 30.3 Å². The summed E-state index contributed by atoms with van der Waals surface area (Å²) >= 11 is 0. The summed E-state index contributed by atoms with van der Waals surface area (Å²) in [6, 6.07) is 8.72. The number of methoxy groups -OCH3 is 2. The highest BCUT2D eigenvalue weighted by atomic mass is 32.2. The number of rotatable bonds is 12. The van der Waals surface area contributed by atoms with Crippen LogP contribution in [0.3, 0.4) is 0 Å². The van der Waals surface area contributed by atoms with Crippen molar-refractivity contribution in [2.75, 3.05) is 36.6 Å². The van der Waals surface area contributed by atoms with Gasteiger partial charge in [0.1, 0.15) is 11.5 Å². The molecule has 11 heteroatoms. The number of hydrogen-bond donors (Lipinski definition) is 3. The molecule has 0 aliphatic carbocycles. The second kappa shape index (κ2) is 11.6. The Morgan fingerprint density at radius 1 is 1.11 bits per heavy atom. The first-order valence-corrected chi connectivity index (χ1v) is 13.1. The second-order valence-corrected chi connectivity index (χ2v) is 10.1. The van der Waals surface area contributed by atoms with E-state index in [4.69, 9.17) is 14.2 Å². The topological polar surface area (TPSA) is 126 Å². The van der Waals surface area contributed by atoms with Crippen LogP contribution in [0.5, 0.6) is 17.2 Å². The second-order valence-electron chi connectivity index (χ2n) is 8.14. The summed E-state index contributed by atoms with van der Waals surface area (Å²) in [6.07, 6.45) is 0.807. The number of anilines is 2. The molecule has 0 aromatic heterocycles. The van der Waals surface area contributed by atoms with E-state index in [9.17, 15) is 18.4 Å². The molecule has 1 unspecified atom stereocenters. The van der Waals surface area contributed by atoms with Crippen LogP contribution in [0.25, 0.3) is 0 Å². The Morgan fingerprint density at radius 2 is 1.80 bits per heavy atom. The van der Waals surface area contributed by atoms with Crippen LogP contribution >= 0.6 is 0 Å². The molecule has 0 saturated heterocycles. The van der Waals surface area contributed by atoms with Gasteiger partial charge in [-0.15, -0.1) is 0 Å². The fraction of sp³-hybridized carbons (Fsp3) is 0.458. The summed E-state index contributed by atoms with van der Waals surface area (Å²) in [6.45, 7) is 3.64. The smallest absolute Gasteiger partial charge is 0.232 e. The first-order valence-electron chi connectivity index (χ1n) is 11.5. The minimum Gasteiger partial charge on any atom is -0.497 e. The molecule has 1 aliphatic rings. The monoisotopic (exact) mass is 507 g/mol. The minimum absolute atomic E-state index is 0.104. The number of carbonyl (C=O) groups is 1. The van der Waals surface area contributed by atoms with E-state index < -0.39 is 16.3 Å². The van der Waals surface area contributed by atoms with Gasteiger partial charge in [-0.2, -0.15) is 5.06 Å². The van der Waals surface area contributed by atoms with Crippen LogP contribution in [-0.4, -0.2) is 57.3 Å². The summed E-state index contributed by atoms with van der Waals surface area (Å²) in [5.41, 5.74) is 2.43. The molecule has 0 fully saturated rings. The minimum atomic E-state index is -3.57. The van der Waals surface area contributed by atoms with Gasteiger partial charge >= 0.3 is 0 Å². The van der Waals surface area contributed by atoms with Gasteiger partial charge in [-0.25, -0.2) is 8.42 Å². The average Bonchev–Trinajstić information content (AvgIpc) is 2.86. The van der Waals surface area contributed by atoms with Gasteiger partial charge in [-0.3, -0.25) is 9.52 Å². The highest BCUT2D eigenvalue weighted by Crippen LogP contribution is 2.39. The third-order valence-electron chi connectivity index (χ3n) is 5.76. The van der Waals surface area contributed by atoms with Crippen LogP contribution in [-0.2, 0) is 27.7 Å². The maximum absolute atomic E-state index is 12.3. The number of fused-ring (bicyclic) bond motifs is 1. The SMILES string of the molecule is CCC(Oc1c(NS(=O)(=O)CC)ccc2c1CCC(=O)N2)N(O)CCc1cc(OC)cc(OC)c1. The van der Waals surface area contributed by atoms with Gasteiger partial charge < -0.3 is 24.7 Å². The molecule has 0 saturated carbocycles. The maximum Gasteiger partial charge on any atom is 0.232 e. The van der Waals surface area contributed by atoms with Crippen molar-refractivity contribution < 1.29 is 32.6 Å². The summed E-state index contributed by atoms with van der Waals surface area (Å²) in [5.74, 6) is 1.38. The molecule has 0 radical (unpaired) electrons. The van der Waals surface area contributed by atoms with Crippen molar-refractivity contribution in [1.82, 2.24) is 5.06 Å². The van der Waals surface area contributed by atoms with Crippen molar-refractivity contribution in [2.45, 2.75) is 45.8 Å². The van der Waals surface area contributed by atoms with Crippen LogP contribution < -0.4 is 24.2 Å². The Bertz CT molecular complexity index is 1130. The van der Waals surface area contributed by atoms with Crippen LogP contribution in [0, 0.1) is 0 Å². The van der Waals surface area contributed by atoms with Crippen LogP contribution in [0.4, 0.5) is 11.4 Å². The highest BCUT2D eigenvalue weighted by Gasteiger charge is 2.26. The van der Waals surface area contributed by atoms with Gasteiger partial charge in [-0.05, 0) is 56.0 Å². The largest absolute Gasteiger partial charge is 0.497 e. The summed E-state index contributed by atoms with van der Waals surface area (Å²) in [7, 11) is -0.423. The third kappa shape index (κ3) is 6.77. The third-order valence-corrected chi connectivity index (χ3v) is 7.05. The lowest BCUT2D eigenvalue weighted by Crippen LogP contribution is -2.38. The lowest BCUT2D eigenvalue weighted by molar-refractivity contribution is -0.185. The van der Waals surface area contributed by atoms with E-state index in [2.05, 4.69) is 10.0 Å². The average molecular weight is 508 g/mol. The predicted molar refractivity (Wildman–Crippen MR) is 133 cm³/mol. The Kier molecular flexibility index (Phi) is 8.82. The summed E-state index contributed by atoms with van der Waals surface area (Å²) in [4.78, 5) is 11.9. The van der Waals surface area contributed by atoms with Crippen molar-refractivity contribution in [3.05, 3.63) is 41.5 Å². The Labute approximate surface area is 206 Å². The van der Waals surface area contributed by atoms with Crippen molar-refractivity contribution in [2.24, 2.45) is 0 Å². The maximum atomic E-state index is 12.3. The molecule has 192 valence electrons. The van der Waals surface area contributed by atoms with E-state index in [1.54, 1.807) is 39.3 Å². The number of nitrogens with zero attached hydrogens (tertiary/aromatic N) is 1. The molecule has 0 bridgehead atoms. The number of sulfonamides is 1. The van der Waals surface area contributed by atoms with Gasteiger partial charge in [0.2, 0.25) is 15.9 Å². The molecule has 2 aromatic rings. The number of amides is 1. The number of ether oxygens (including phenoxy) is 3. The molecule has 1 amide bonds. The van der Waals surface area contributed by atoms with Crippen LogP contribution in [0.2, 0.25) is 0 Å². The lowest BCUT2D eigenvalue weighted by Gasteiger charge is -2.30. The van der Waals surface area contributed by atoms with E-state index in [1.807, 2.05) is 19.1 Å². The Balaban J connectivity index is 1.83. The number of nitrogens with one attached hydrogen (secondary N) is 2. The van der Waals surface area contributed by atoms with Crippen LogP contribution in [0.15, 0.2) is 30.3 Å². The zero-order valence-electron chi connectivity index (χ0n) is 20.5. The first-order chi connectivity index (χ1) is 16.7. The molecule has 1 atom stereocenters. The van der Waals surface area contributed by atoms with E-state index in [0.717, 1.165) is 10.6 Å². The van der Waals surface area contributed by atoms with E-state index in [0.29, 0.717) is 47.8 Å². The summed E-state index contributed by atoms with van der Waals surface area (Å²) < 4.78 is 43.9. The van der Waals surface area contributed by atoms with Crippen molar-refractivity contribution in [3.8, 4) is 17.2 Å². The normalized spacial score (nSPS) is 14.2. The number of carbonyl (C=O) groups excluding carboxylic acids is 1. The molecule has 35 heavy (non-hydrogen) atoms. The van der Waals surface area contributed by atoms with Gasteiger partial charge in [-0.1, -0.05) is 6.92 Å². The molecular weight excluding hydrogens is 474 g/mol. The lowest BCUT2D eigenvalue weighted by atomic mass is 10.0. The molecule has 3 rings (SSSR count). The molecule has 1 aliphatic heterocycles. The van der Waals surface area contributed by atoms with Gasteiger partial charge in [0.05, 0.1) is 25.7 Å². The van der Waals surface area contributed by atoms with Gasteiger partial charge in [0.25, 0.3) is 0 Å². The van der Waals surface area contributed by atoms with Gasteiger partial charge in [0.15, 0.2) is 12.0 Å². The molecule has 0 spiro atoms. The predicted octanol–water partition coefficient (Wildman–Crippen LogP) is 3.40.